The topological polar surface area (TPSA) is 15.3 Å². The first-order valence-corrected chi connectivity index (χ1v) is 2.73. The van der Waals surface area contributed by atoms with E-state index < -0.39 is 11.9 Å². The molecule has 0 aromatic heterocycles. The van der Waals surface area contributed by atoms with Gasteiger partial charge >= 0.3 is 6.18 Å². The summed E-state index contributed by atoms with van der Waals surface area (Å²) in [6.45, 7) is 0.231. The highest BCUT2D eigenvalue weighted by molar-refractivity contribution is 5.09. The summed E-state index contributed by atoms with van der Waals surface area (Å²) < 4.78 is 35.6. The summed E-state index contributed by atoms with van der Waals surface area (Å²) >= 11 is 0. The standard InChI is InChI=1S/C5H7F3N2/c1-10-3-9-2-4(10)5(6,7)8/h2,9H,3H2,1H3. The fraction of sp³-hybridized carbons (Fsp3) is 0.600. The molecule has 0 radical (unpaired) electrons. The van der Waals surface area contributed by atoms with E-state index in [-0.39, 0.29) is 6.67 Å². The van der Waals surface area contributed by atoms with Gasteiger partial charge in [-0.3, -0.25) is 0 Å². The largest absolute Gasteiger partial charge is 0.432 e. The van der Waals surface area contributed by atoms with Gasteiger partial charge in [-0.1, -0.05) is 0 Å². The zero-order valence-electron chi connectivity index (χ0n) is 5.37. The Bertz CT molecular complexity index is 161. The Kier molecular flexibility index (Phi) is 1.50. The van der Waals surface area contributed by atoms with Crippen LogP contribution in [0.5, 0.6) is 0 Å². The molecule has 1 heterocycles. The van der Waals surface area contributed by atoms with Crippen LogP contribution in [0.2, 0.25) is 0 Å². The van der Waals surface area contributed by atoms with Crippen LogP contribution in [0, 0.1) is 0 Å². The summed E-state index contributed by atoms with van der Waals surface area (Å²) in [5.41, 5.74) is -0.618. The Labute approximate surface area is 56.3 Å². The first-order chi connectivity index (χ1) is 4.52. The van der Waals surface area contributed by atoms with Gasteiger partial charge in [0.15, 0.2) is 0 Å². The maximum absolute atomic E-state index is 11.9. The van der Waals surface area contributed by atoms with E-state index in [2.05, 4.69) is 5.32 Å². The summed E-state index contributed by atoms with van der Waals surface area (Å²) in [5, 5.41) is 2.47. The predicted molar refractivity (Wildman–Crippen MR) is 29.9 cm³/mol. The second kappa shape index (κ2) is 2.07. The van der Waals surface area contributed by atoms with Gasteiger partial charge in [-0.25, -0.2) is 0 Å². The number of alkyl halides is 3. The second-order valence-electron chi connectivity index (χ2n) is 2.09. The van der Waals surface area contributed by atoms with Crippen LogP contribution in [0.25, 0.3) is 0 Å². The van der Waals surface area contributed by atoms with Crippen LogP contribution in [0.1, 0.15) is 0 Å². The van der Waals surface area contributed by atoms with Crippen LogP contribution in [-0.4, -0.2) is 24.8 Å². The fourth-order valence-electron chi connectivity index (χ4n) is 0.773. The molecule has 1 aliphatic rings. The molecule has 1 rings (SSSR count). The first kappa shape index (κ1) is 7.24. The van der Waals surface area contributed by atoms with Gasteiger partial charge in [-0.15, -0.1) is 0 Å². The molecule has 0 aromatic rings. The summed E-state index contributed by atoms with van der Waals surface area (Å²) in [5.74, 6) is 0. The third-order valence-corrected chi connectivity index (χ3v) is 1.27. The Morgan fingerprint density at radius 3 is 2.40 bits per heavy atom. The number of nitrogens with zero attached hydrogens (tertiary/aromatic N) is 1. The molecule has 5 heteroatoms. The average molecular weight is 152 g/mol. The van der Waals surface area contributed by atoms with Gasteiger partial charge in [0.1, 0.15) is 5.70 Å². The molecule has 0 bridgehead atoms. The SMILES string of the molecule is CN1CNC=C1C(F)(F)F. The van der Waals surface area contributed by atoms with E-state index in [1.807, 2.05) is 0 Å². The van der Waals surface area contributed by atoms with Crippen molar-refractivity contribution in [1.82, 2.24) is 10.2 Å². The molecule has 0 aliphatic carbocycles. The molecule has 0 saturated carbocycles. The predicted octanol–water partition coefficient (Wildman–Crippen LogP) is 0.883. The molecule has 0 atom stereocenters. The van der Waals surface area contributed by atoms with Crippen molar-refractivity contribution in [2.75, 3.05) is 13.7 Å². The molecule has 0 aromatic carbocycles. The molecule has 1 N–H and O–H groups in total. The molecule has 10 heavy (non-hydrogen) atoms. The zero-order chi connectivity index (χ0) is 7.78. The number of halogens is 3. The van der Waals surface area contributed by atoms with E-state index in [0.29, 0.717) is 0 Å². The van der Waals surface area contributed by atoms with Crippen molar-refractivity contribution in [2.45, 2.75) is 6.18 Å². The van der Waals surface area contributed by atoms with E-state index in [0.717, 1.165) is 11.1 Å². The summed E-state index contributed by atoms with van der Waals surface area (Å²) in [4.78, 5) is 1.11. The lowest BCUT2D eigenvalue weighted by molar-refractivity contribution is -0.107. The molecule has 0 spiro atoms. The van der Waals surface area contributed by atoms with Crippen molar-refractivity contribution < 1.29 is 13.2 Å². The van der Waals surface area contributed by atoms with Crippen molar-refractivity contribution >= 4 is 0 Å². The average Bonchev–Trinajstić information content (AvgIpc) is 2.11. The van der Waals surface area contributed by atoms with Crippen molar-refractivity contribution in [1.29, 1.82) is 0 Å². The second-order valence-corrected chi connectivity index (χ2v) is 2.09. The molecule has 0 saturated heterocycles. The number of allylic oxidation sites excluding steroid dienone is 1. The number of rotatable bonds is 0. The minimum Gasteiger partial charge on any atom is -0.372 e. The fourth-order valence-corrected chi connectivity index (χ4v) is 0.773. The van der Waals surface area contributed by atoms with Gasteiger partial charge in [0, 0.05) is 13.2 Å². The minimum atomic E-state index is -4.22. The van der Waals surface area contributed by atoms with Crippen LogP contribution in [0.3, 0.4) is 0 Å². The smallest absolute Gasteiger partial charge is 0.372 e. The lowest BCUT2D eigenvalue weighted by Gasteiger charge is -2.16. The highest BCUT2D eigenvalue weighted by Gasteiger charge is 2.38. The number of hydrogen-bond acceptors (Lipinski definition) is 2. The van der Waals surface area contributed by atoms with Crippen LogP contribution < -0.4 is 5.32 Å². The Hall–Kier alpha value is -0.870. The molecule has 0 unspecified atom stereocenters. The minimum absolute atomic E-state index is 0.231. The van der Waals surface area contributed by atoms with Gasteiger partial charge in [0.2, 0.25) is 0 Å². The van der Waals surface area contributed by atoms with Crippen molar-refractivity contribution in [3.63, 3.8) is 0 Å². The lowest BCUT2D eigenvalue weighted by Crippen LogP contribution is -2.26. The van der Waals surface area contributed by atoms with Crippen LogP contribution in [0.4, 0.5) is 13.2 Å². The molecular formula is C5H7F3N2. The molecular weight excluding hydrogens is 145 g/mol. The van der Waals surface area contributed by atoms with Gasteiger partial charge in [0.05, 0.1) is 6.67 Å². The van der Waals surface area contributed by atoms with E-state index >= 15 is 0 Å². The summed E-state index contributed by atoms with van der Waals surface area (Å²) in [6.07, 6.45) is -3.25. The first-order valence-electron chi connectivity index (χ1n) is 2.73. The Morgan fingerprint density at radius 2 is 2.20 bits per heavy atom. The summed E-state index contributed by atoms with van der Waals surface area (Å²) in [7, 11) is 1.39. The third-order valence-electron chi connectivity index (χ3n) is 1.27. The van der Waals surface area contributed by atoms with Gasteiger partial charge in [0.25, 0.3) is 0 Å². The van der Waals surface area contributed by atoms with Crippen molar-refractivity contribution in [3.05, 3.63) is 11.9 Å². The Balaban J connectivity index is 2.72. The van der Waals surface area contributed by atoms with E-state index in [9.17, 15) is 13.2 Å². The Morgan fingerprint density at radius 1 is 1.60 bits per heavy atom. The van der Waals surface area contributed by atoms with Crippen LogP contribution >= 0.6 is 0 Å². The molecule has 2 nitrogen and oxygen atoms in total. The van der Waals surface area contributed by atoms with Gasteiger partial charge < -0.3 is 10.2 Å². The van der Waals surface area contributed by atoms with Crippen LogP contribution in [0.15, 0.2) is 11.9 Å². The molecule has 1 aliphatic heterocycles. The summed E-state index contributed by atoms with van der Waals surface area (Å²) in [6, 6.07) is 0. The highest BCUT2D eigenvalue weighted by atomic mass is 19.4. The third kappa shape index (κ3) is 1.17. The maximum atomic E-state index is 11.9. The normalized spacial score (nSPS) is 18.8. The van der Waals surface area contributed by atoms with Crippen molar-refractivity contribution in [3.8, 4) is 0 Å². The quantitative estimate of drug-likeness (QED) is 0.554. The van der Waals surface area contributed by atoms with Gasteiger partial charge in [-0.05, 0) is 0 Å². The van der Waals surface area contributed by atoms with Crippen molar-refractivity contribution in [2.24, 2.45) is 0 Å². The number of hydrogen-bond donors (Lipinski definition) is 1. The monoisotopic (exact) mass is 152 g/mol. The number of nitrogens with one attached hydrogen (secondary N) is 1. The molecule has 58 valence electrons. The lowest BCUT2D eigenvalue weighted by atomic mass is 10.4. The van der Waals surface area contributed by atoms with Crippen LogP contribution in [-0.2, 0) is 0 Å². The maximum Gasteiger partial charge on any atom is 0.432 e. The van der Waals surface area contributed by atoms with E-state index in [1.54, 1.807) is 0 Å². The highest BCUT2D eigenvalue weighted by Crippen LogP contribution is 2.28. The zero-order valence-corrected chi connectivity index (χ0v) is 5.37. The van der Waals surface area contributed by atoms with E-state index in [4.69, 9.17) is 0 Å². The molecule has 0 amide bonds. The van der Waals surface area contributed by atoms with E-state index in [1.165, 1.54) is 7.05 Å². The molecule has 0 fully saturated rings. The van der Waals surface area contributed by atoms with Gasteiger partial charge in [-0.2, -0.15) is 13.2 Å².